The summed E-state index contributed by atoms with van der Waals surface area (Å²) < 4.78 is 11.7. The first-order valence-electron chi connectivity index (χ1n) is 9.47. The van der Waals surface area contributed by atoms with Gasteiger partial charge in [-0.25, -0.2) is 0 Å². The quantitative estimate of drug-likeness (QED) is 0.622. The van der Waals surface area contributed by atoms with Gasteiger partial charge in [-0.15, -0.1) is 0 Å². The zero-order chi connectivity index (χ0) is 17.5. The van der Waals surface area contributed by atoms with Gasteiger partial charge in [0.2, 0.25) is 0 Å². The molecular weight excluding hydrogens is 334 g/mol. The molecule has 1 aromatic rings. The van der Waals surface area contributed by atoms with Gasteiger partial charge in [0.25, 0.3) is 0 Å². The molecule has 0 aromatic carbocycles. The molecule has 2 aliphatic heterocycles. The van der Waals surface area contributed by atoms with Gasteiger partial charge in [-0.1, -0.05) is 6.92 Å². The number of aliphatic imine (C=N–C) groups is 1. The largest absolute Gasteiger partial charge is 0.376 e. The van der Waals surface area contributed by atoms with E-state index < -0.39 is 0 Å². The summed E-state index contributed by atoms with van der Waals surface area (Å²) >= 11 is 1.76. The first kappa shape index (κ1) is 18.7. The molecule has 2 fully saturated rings. The molecule has 5 nitrogen and oxygen atoms in total. The van der Waals surface area contributed by atoms with Crippen LogP contribution in [-0.4, -0.2) is 63.0 Å². The summed E-state index contributed by atoms with van der Waals surface area (Å²) in [7, 11) is 1.87. The maximum atomic E-state index is 6.06. The Morgan fingerprint density at radius 3 is 2.92 bits per heavy atom. The SMILES string of the molecule is CN=C(NCC(C)c1ccsc1)N1CCC(OCC2CCCO2)CC1. The molecule has 0 spiro atoms. The van der Waals surface area contributed by atoms with E-state index in [1.54, 1.807) is 11.3 Å². The molecule has 1 N–H and O–H groups in total. The molecule has 2 atom stereocenters. The Balaban J connectivity index is 1.38. The lowest BCUT2D eigenvalue weighted by molar-refractivity contribution is -0.0367. The molecule has 3 rings (SSSR count). The van der Waals surface area contributed by atoms with Gasteiger partial charge < -0.3 is 19.7 Å². The van der Waals surface area contributed by atoms with Crippen LogP contribution in [0.4, 0.5) is 0 Å². The fourth-order valence-electron chi connectivity index (χ4n) is 3.50. The van der Waals surface area contributed by atoms with Crippen molar-refractivity contribution in [3.8, 4) is 0 Å². The predicted molar refractivity (Wildman–Crippen MR) is 104 cm³/mol. The number of rotatable bonds is 6. The minimum absolute atomic E-state index is 0.325. The number of hydrogen-bond acceptors (Lipinski definition) is 4. The number of nitrogens with one attached hydrogen (secondary N) is 1. The van der Waals surface area contributed by atoms with E-state index in [1.807, 2.05) is 7.05 Å². The predicted octanol–water partition coefficient (Wildman–Crippen LogP) is 3.09. The molecule has 0 radical (unpaired) electrons. The van der Waals surface area contributed by atoms with Crippen LogP contribution in [0.25, 0.3) is 0 Å². The minimum Gasteiger partial charge on any atom is -0.376 e. The second-order valence-electron chi connectivity index (χ2n) is 7.04. The van der Waals surface area contributed by atoms with E-state index in [4.69, 9.17) is 9.47 Å². The Hall–Kier alpha value is -1.11. The molecule has 140 valence electrons. The van der Waals surface area contributed by atoms with Crippen molar-refractivity contribution in [2.75, 3.05) is 39.9 Å². The van der Waals surface area contributed by atoms with Crippen LogP contribution in [0.1, 0.15) is 44.1 Å². The van der Waals surface area contributed by atoms with Crippen molar-refractivity contribution in [1.82, 2.24) is 10.2 Å². The van der Waals surface area contributed by atoms with E-state index in [9.17, 15) is 0 Å². The number of piperidine rings is 1. The molecule has 1 aromatic heterocycles. The lowest BCUT2D eigenvalue weighted by Crippen LogP contribution is -2.47. The summed E-state index contributed by atoms with van der Waals surface area (Å²) in [5, 5.41) is 7.91. The maximum absolute atomic E-state index is 6.06. The van der Waals surface area contributed by atoms with Crippen molar-refractivity contribution in [1.29, 1.82) is 0 Å². The minimum atomic E-state index is 0.325. The lowest BCUT2D eigenvalue weighted by Gasteiger charge is -2.34. The highest BCUT2D eigenvalue weighted by atomic mass is 32.1. The summed E-state index contributed by atoms with van der Waals surface area (Å²) in [5.41, 5.74) is 1.40. The standard InChI is InChI=1S/C19H31N3O2S/c1-15(16-7-11-25-14-16)12-21-19(20-2)22-8-5-17(6-9-22)24-13-18-4-3-10-23-18/h7,11,14-15,17-18H,3-6,8-10,12-13H2,1-2H3,(H,20,21). The van der Waals surface area contributed by atoms with Crippen molar-refractivity contribution < 1.29 is 9.47 Å². The van der Waals surface area contributed by atoms with Crippen LogP contribution >= 0.6 is 11.3 Å². The molecule has 3 heterocycles. The van der Waals surface area contributed by atoms with E-state index in [2.05, 4.69) is 39.0 Å². The smallest absolute Gasteiger partial charge is 0.193 e. The fraction of sp³-hybridized carbons (Fsp3) is 0.737. The van der Waals surface area contributed by atoms with Crippen molar-refractivity contribution in [3.05, 3.63) is 22.4 Å². The normalized spacial score (nSPS) is 23.8. The number of hydrogen-bond donors (Lipinski definition) is 1. The number of thiophene rings is 1. The van der Waals surface area contributed by atoms with E-state index in [1.165, 1.54) is 12.0 Å². The molecule has 0 saturated carbocycles. The van der Waals surface area contributed by atoms with Crippen LogP contribution in [-0.2, 0) is 9.47 Å². The molecule has 2 unspecified atom stereocenters. The van der Waals surface area contributed by atoms with Gasteiger partial charge in [0.1, 0.15) is 0 Å². The first-order chi connectivity index (χ1) is 12.3. The summed E-state index contributed by atoms with van der Waals surface area (Å²) in [6, 6.07) is 2.21. The molecular formula is C19H31N3O2S. The summed E-state index contributed by atoms with van der Waals surface area (Å²) in [6.07, 6.45) is 5.14. The highest BCUT2D eigenvalue weighted by Crippen LogP contribution is 2.19. The Morgan fingerprint density at radius 2 is 2.28 bits per heavy atom. The average molecular weight is 366 g/mol. The van der Waals surface area contributed by atoms with Gasteiger partial charge in [-0.3, -0.25) is 4.99 Å². The van der Waals surface area contributed by atoms with E-state index in [-0.39, 0.29) is 0 Å². The third kappa shape index (κ3) is 5.43. The summed E-state index contributed by atoms with van der Waals surface area (Å²) in [5.74, 6) is 1.51. The Labute approximate surface area is 155 Å². The van der Waals surface area contributed by atoms with Gasteiger partial charge in [0.15, 0.2) is 5.96 Å². The number of nitrogens with zero attached hydrogens (tertiary/aromatic N) is 2. The van der Waals surface area contributed by atoms with Crippen molar-refractivity contribution in [3.63, 3.8) is 0 Å². The Bertz CT molecular complexity index is 521. The van der Waals surface area contributed by atoms with Crippen LogP contribution < -0.4 is 5.32 Å². The van der Waals surface area contributed by atoms with Gasteiger partial charge in [0, 0.05) is 33.3 Å². The fourth-order valence-corrected chi connectivity index (χ4v) is 4.29. The van der Waals surface area contributed by atoms with Crippen LogP contribution in [0.3, 0.4) is 0 Å². The molecule has 0 aliphatic carbocycles. The number of ether oxygens (including phenoxy) is 2. The van der Waals surface area contributed by atoms with Crippen molar-refractivity contribution in [2.45, 2.75) is 50.7 Å². The molecule has 0 bridgehead atoms. The highest BCUT2D eigenvalue weighted by molar-refractivity contribution is 7.07. The van der Waals surface area contributed by atoms with E-state index in [0.717, 1.165) is 58.1 Å². The second kappa shape index (κ2) is 9.55. The van der Waals surface area contributed by atoms with Gasteiger partial charge >= 0.3 is 0 Å². The zero-order valence-electron chi connectivity index (χ0n) is 15.4. The molecule has 6 heteroatoms. The topological polar surface area (TPSA) is 46.1 Å². The molecule has 0 amide bonds. The van der Waals surface area contributed by atoms with Gasteiger partial charge in [-0.05, 0) is 54.0 Å². The zero-order valence-corrected chi connectivity index (χ0v) is 16.3. The van der Waals surface area contributed by atoms with Gasteiger partial charge in [0.05, 0.1) is 18.8 Å². The summed E-state index contributed by atoms with van der Waals surface area (Å²) in [4.78, 5) is 6.83. The van der Waals surface area contributed by atoms with Crippen LogP contribution in [0.15, 0.2) is 21.8 Å². The third-order valence-electron chi connectivity index (χ3n) is 5.17. The van der Waals surface area contributed by atoms with Crippen LogP contribution in [0, 0.1) is 0 Å². The first-order valence-corrected chi connectivity index (χ1v) is 10.4. The maximum Gasteiger partial charge on any atom is 0.193 e. The number of likely N-dealkylation sites (tertiary alicyclic amines) is 1. The van der Waals surface area contributed by atoms with Crippen molar-refractivity contribution in [2.24, 2.45) is 4.99 Å². The molecule has 2 saturated heterocycles. The Kier molecular flexibility index (Phi) is 7.13. The molecule has 25 heavy (non-hydrogen) atoms. The van der Waals surface area contributed by atoms with Gasteiger partial charge in [-0.2, -0.15) is 11.3 Å². The van der Waals surface area contributed by atoms with Crippen molar-refractivity contribution >= 4 is 17.3 Å². The average Bonchev–Trinajstić information content (AvgIpc) is 3.35. The summed E-state index contributed by atoms with van der Waals surface area (Å²) in [6.45, 7) is 6.84. The molecule has 2 aliphatic rings. The Morgan fingerprint density at radius 1 is 1.44 bits per heavy atom. The number of guanidine groups is 1. The van der Waals surface area contributed by atoms with Crippen LogP contribution in [0.2, 0.25) is 0 Å². The third-order valence-corrected chi connectivity index (χ3v) is 5.88. The highest BCUT2D eigenvalue weighted by Gasteiger charge is 2.24. The van der Waals surface area contributed by atoms with E-state index >= 15 is 0 Å². The monoisotopic (exact) mass is 365 g/mol. The lowest BCUT2D eigenvalue weighted by atomic mass is 10.1. The van der Waals surface area contributed by atoms with Crippen LogP contribution in [0.5, 0.6) is 0 Å². The van der Waals surface area contributed by atoms with E-state index in [0.29, 0.717) is 18.1 Å². The second-order valence-corrected chi connectivity index (χ2v) is 7.82.